The molecule has 0 aromatic rings. The van der Waals surface area contributed by atoms with Gasteiger partial charge >= 0.3 is 0 Å². The van der Waals surface area contributed by atoms with Crippen LogP contribution in [0.25, 0.3) is 0 Å². The van der Waals surface area contributed by atoms with Gasteiger partial charge in [0.15, 0.2) is 0 Å². The molecule has 0 radical (unpaired) electrons. The molecule has 0 aromatic carbocycles. The zero-order valence-corrected chi connectivity index (χ0v) is 8.59. The van der Waals surface area contributed by atoms with Crippen LogP contribution >= 0.6 is 0 Å². The molecular formula is C11H18N2O. The summed E-state index contributed by atoms with van der Waals surface area (Å²) in [5.41, 5.74) is -0.168. The number of hydrogen-bond acceptors (Lipinski definition) is 3. The zero-order valence-electron chi connectivity index (χ0n) is 8.59. The van der Waals surface area contributed by atoms with Crippen molar-refractivity contribution < 1.29 is 4.74 Å². The average molecular weight is 194 g/mol. The first-order chi connectivity index (χ1) is 6.85. The van der Waals surface area contributed by atoms with Gasteiger partial charge in [0.05, 0.1) is 6.07 Å². The number of rotatable bonds is 3. The Kier molecular flexibility index (Phi) is 3.05. The van der Waals surface area contributed by atoms with Gasteiger partial charge in [0.25, 0.3) is 0 Å². The molecule has 1 heterocycles. The smallest absolute Gasteiger partial charge is 0.106 e. The van der Waals surface area contributed by atoms with Gasteiger partial charge in [0, 0.05) is 13.2 Å². The Balaban J connectivity index is 1.73. The van der Waals surface area contributed by atoms with Crippen molar-refractivity contribution in [2.24, 2.45) is 5.92 Å². The molecule has 2 aliphatic rings. The predicted octanol–water partition coefficient (Wildman–Crippen LogP) is 1.45. The third-order valence-electron chi connectivity index (χ3n) is 3.49. The summed E-state index contributed by atoms with van der Waals surface area (Å²) in [4.78, 5) is 0. The van der Waals surface area contributed by atoms with E-state index in [-0.39, 0.29) is 5.54 Å². The molecule has 0 bridgehead atoms. The van der Waals surface area contributed by atoms with Crippen LogP contribution in [0.15, 0.2) is 0 Å². The predicted molar refractivity (Wildman–Crippen MR) is 53.7 cm³/mol. The Bertz CT molecular complexity index is 224. The molecular weight excluding hydrogens is 176 g/mol. The Labute approximate surface area is 85.4 Å². The lowest BCUT2D eigenvalue weighted by Crippen LogP contribution is -2.51. The van der Waals surface area contributed by atoms with Gasteiger partial charge < -0.3 is 4.74 Å². The van der Waals surface area contributed by atoms with Crippen LogP contribution in [0.1, 0.15) is 32.1 Å². The Morgan fingerprint density at radius 1 is 1.36 bits per heavy atom. The van der Waals surface area contributed by atoms with Crippen LogP contribution in [-0.4, -0.2) is 25.3 Å². The van der Waals surface area contributed by atoms with Crippen LogP contribution in [0.2, 0.25) is 0 Å². The molecule has 1 N–H and O–H groups in total. The van der Waals surface area contributed by atoms with E-state index in [0.29, 0.717) is 0 Å². The van der Waals surface area contributed by atoms with Crippen molar-refractivity contribution in [3.05, 3.63) is 0 Å². The van der Waals surface area contributed by atoms with E-state index in [0.717, 1.165) is 51.4 Å². The van der Waals surface area contributed by atoms with Crippen molar-refractivity contribution in [1.82, 2.24) is 5.32 Å². The molecule has 14 heavy (non-hydrogen) atoms. The highest BCUT2D eigenvalue weighted by Gasteiger charge is 2.37. The first kappa shape index (κ1) is 9.95. The van der Waals surface area contributed by atoms with Gasteiger partial charge in [0.2, 0.25) is 0 Å². The lowest BCUT2D eigenvalue weighted by atomic mass is 9.77. The summed E-state index contributed by atoms with van der Waals surface area (Å²) in [5, 5.41) is 12.5. The van der Waals surface area contributed by atoms with Crippen LogP contribution in [0.3, 0.4) is 0 Å². The molecule has 3 nitrogen and oxygen atoms in total. The van der Waals surface area contributed by atoms with Crippen molar-refractivity contribution >= 4 is 0 Å². The van der Waals surface area contributed by atoms with E-state index in [1.54, 1.807) is 0 Å². The Morgan fingerprint density at radius 2 is 2.07 bits per heavy atom. The van der Waals surface area contributed by atoms with E-state index in [9.17, 15) is 0 Å². The first-order valence-corrected chi connectivity index (χ1v) is 5.59. The topological polar surface area (TPSA) is 45.0 Å². The van der Waals surface area contributed by atoms with Crippen LogP contribution in [0.5, 0.6) is 0 Å². The SMILES string of the molecule is N#CC1(NCC2CCOCC2)CCC1. The number of nitriles is 1. The molecule has 78 valence electrons. The summed E-state index contributed by atoms with van der Waals surface area (Å²) in [6.45, 7) is 2.79. The molecule has 1 aliphatic heterocycles. The highest BCUT2D eigenvalue weighted by Crippen LogP contribution is 2.31. The molecule has 1 aliphatic carbocycles. The van der Waals surface area contributed by atoms with Crippen LogP contribution in [0.4, 0.5) is 0 Å². The largest absolute Gasteiger partial charge is 0.381 e. The summed E-state index contributed by atoms with van der Waals surface area (Å²) < 4.78 is 5.31. The van der Waals surface area contributed by atoms with E-state index in [1.165, 1.54) is 6.42 Å². The van der Waals surface area contributed by atoms with Crippen molar-refractivity contribution in [3.8, 4) is 6.07 Å². The fourth-order valence-corrected chi connectivity index (χ4v) is 2.15. The van der Waals surface area contributed by atoms with Gasteiger partial charge in [-0.3, -0.25) is 5.32 Å². The maximum Gasteiger partial charge on any atom is 0.106 e. The van der Waals surface area contributed by atoms with Gasteiger partial charge in [-0.1, -0.05) is 0 Å². The number of nitrogens with one attached hydrogen (secondary N) is 1. The van der Waals surface area contributed by atoms with E-state index in [2.05, 4.69) is 11.4 Å². The van der Waals surface area contributed by atoms with E-state index >= 15 is 0 Å². The van der Waals surface area contributed by atoms with Gasteiger partial charge in [-0.2, -0.15) is 5.26 Å². The number of nitrogens with zero attached hydrogens (tertiary/aromatic N) is 1. The minimum atomic E-state index is -0.168. The van der Waals surface area contributed by atoms with Gasteiger partial charge in [-0.05, 0) is 44.6 Å². The standard InChI is InChI=1S/C11H18N2O/c12-9-11(4-1-5-11)13-8-10-2-6-14-7-3-10/h10,13H,1-8H2. The van der Waals surface area contributed by atoms with E-state index < -0.39 is 0 Å². The fourth-order valence-electron chi connectivity index (χ4n) is 2.15. The lowest BCUT2D eigenvalue weighted by molar-refractivity contribution is 0.0624. The molecule has 1 saturated heterocycles. The van der Waals surface area contributed by atoms with Gasteiger partial charge in [-0.15, -0.1) is 0 Å². The Hall–Kier alpha value is -0.590. The third-order valence-corrected chi connectivity index (χ3v) is 3.49. The summed E-state index contributed by atoms with van der Waals surface area (Å²) in [5.74, 6) is 0.717. The van der Waals surface area contributed by atoms with Gasteiger partial charge in [-0.25, -0.2) is 0 Å². The van der Waals surface area contributed by atoms with E-state index in [4.69, 9.17) is 10.00 Å². The number of hydrogen-bond donors (Lipinski definition) is 1. The van der Waals surface area contributed by atoms with Crippen LogP contribution in [-0.2, 0) is 4.74 Å². The molecule has 0 unspecified atom stereocenters. The second kappa shape index (κ2) is 4.29. The third kappa shape index (κ3) is 2.08. The first-order valence-electron chi connectivity index (χ1n) is 5.59. The normalized spacial score (nSPS) is 26.5. The maximum atomic E-state index is 9.03. The molecule has 0 aromatic heterocycles. The molecule has 0 spiro atoms. The van der Waals surface area contributed by atoms with Crippen LogP contribution < -0.4 is 5.32 Å². The summed E-state index contributed by atoms with van der Waals surface area (Å²) >= 11 is 0. The molecule has 0 atom stereocenters. The quantitative estimate of drug-likeness (QED) is 0.739. The molecule has 2 fully saturated rings. The molecule has 3 heteroatoms. The molecule has 2 rings (SSSR count). The summed E-state index contributed by atoms with van der Waals surface area (Å²) in [7, 11) is 0. The highest BCUT2D eigenvalue weighted by molar-refractivity contribution is 5.12. The fraction of sp³-hybridized carbons (Fsp3) is 0.909. The van der Waals surface area contributed by atoms with Crippen molar-refractivity contribution in [2.45, 2.75) is 37.6 Å². The summed E-state index contributed by atoms with van der Waals surface area (Å²) in [6, 6.07) is 2.41. The average Bonchev–Trinajstić information content (AvgIpc) is 2.19. The number of ether oxygens (including phenoxy) is 1. The summed E-state index contributed by atoms with van der Waals surface area (Å²) in [6.07, 6.45) is 5.57. The Morgan fingerprint density at radius 3 is 2.57 bits per heavy atom. The van der Waals surface area contributed by atoms with Crippen molar-refractivity contribution in [3.63, 3.8) is 0 Å². The minimum Gasteiger partial charge on any atom is -0.381 e. The monoisotopic (exact) mass is 194 g/mol. The molecule has 1 saturated carbocycles. The minimum absolute atomic E-state index is 0.168. The second-order valence-corrected chi connectivity index (χ2v) is 4.48. The maximum absolute atomic E-state index is 9.03. The second-order valence-electron chi connectivity index (χ2n) is 4.48. The van der Waals surface area contributed by atoms with Crippen molar-refractivity contribution in [2.75, 3.05) is 19.8 Å². The zero-order chi connectivity index (χ0) is 9.86. The van der Waals surface area contributed by atoms with Crippen molar-refractivity contribution in [1.29, 1.82) is 5.26 Å². The highest BCUT2D eigenvalue weighted by atomic mass is 16.5. The molecule has 0 amide bonds. The van der Waals surface area contributed by atoms with Gasteiger partial charge in [0.1, 0.15) is 5.54 Å². The van der Waals surface area contributed by atoms with Crippen LogP contribution in [0, 0.1) is 17.2 Å². The van der Waals surface area contributed by atoms with E-state index in [1.807, 2.05) is 0 Å². The lowest BCUT2D eigenvalue weighted by Gasteiger charge is -2.37.